The molecule has 6 nitrogen and oxygen atoms in total. The van der Waals surface area contributed by atoms with Crippen LogP contribution < -0.4 is 14.8 Å². The number of hydrogen-bond acceptors (Lipinski definition) is 4. The molecule has 1 unspecified atom stereocenters. The van der Waals surface area contributed by atoms with Crippen molar-refractivity contribution in [2.45, 2.75) is 5.92 Å². The molecule has 6 heteroatoms. The van der Waals surface area contributed by atoms with Crippen molar-refractivity contribution in [1.29, 1.82) is 0 Å². The van der Waals surface area contributed by atoms with Crippen molar-refractivity contribution in [3.8, 4) is 11.5 Å². The van der Waals surface area contributed by atoms with Crippen LogP contribution in [0.1, 0.15) is 27.4 Å². The molecule has 2 aromatic heterocycles. The summed E-state index contributed by atoms with van der Waals surface area (Å²) in [7, 11) is 3.24. The summed E-state index contributed by atoms with van der Waals surface area (Å²) in [6, 6.07) is 17.4. The third-order valence-corrected chi connectivity index (χ3v) is 5.20. The molecule has 30 heavy (non-hydrogen) atoms. The van der Waals surface area contributed by atoms with Crippen molar-refractivity contribution in [2.24, 2.45) is 0 Å². The number of nitrogens with one attached hydrogen (secondary N) is 2. The van der Waals surface area contributed by atoms with E-state index in [0.717, 1.165) is 22.0 Å². The van der Waals surface area contributed by atoms with E-state index in [-0.39, 0.29) is 11.8 Å². The maximum atomic E-state index is 12.7. The van der Waals surface area contributed by atoms with Gasteiger partial charge in [0.1, 0.15) is 0 Å². The molecule has 0 bridgehead atoms. The molecular formula is C24H23N3O3. The van der Waals surface area contributed by atoms with Gasteiger partial charge in [-0.2, -0.15) is 0 Å². The highest BCUT2D eigenvalue weighted by molar-refractivity contribution is 5.94. The van der Waals surface area contributed by atoms with Crippen LogP contribution >= 0.6 is 0 Å². The Bertz CT molecular complexity index is 1150. The Morgan fingerprint density at radius 1 is 1.03 bits per heavy atom. The second kappa shape index (κ2) is 8.69. The zero-order chi connectivity index (χ0) is 20.9. The molecule has 0 saturated carbocycles. The van der Waals surface area contributed by atoms with Crippen molar-refractivity contribution < 1.29 is 14.3 Å². The Balaban J connectivity index is 1.75. The Labute approximate surface area is 174 Å². The SMILES string of the molecule is COc1cccc(C(CNC(=O)c2cccnc2)c2c[nH]c3ccccc23)c1OC. The molecule has 0 saturated heterocycles. The van der Waals surface area contributed by atoms with Gasteiger partial charge in [-0.15, -0.1) is 0 Å². The average molecular weight is 401 g/mol. The highest BCUT2D eigenvalue weighted by Crippen LogP contribution is 2.40. The molecule has 0 fully saturated rings. The van der Waals surface area contributed by atoms with Crippen LogP contribution in [0.2, 0.25) is 0 Å². The molecule has 2 heterocycles. The van der Waals surface area contributed by atoms with Crippen LogP contribution in [-0.4, -0.2) is 36.6 Å². The van der Waals surface area contributed by atoms with Gasteiger partial charge in [0.15, 0.2) is 11.5 Å². The predicted octanol–water partition coefficient (Wildman–Crippen LogP) is 4.14. The number of rotatable bonds is 7. The Hall–Kier alpha value is -3.80. The Kier molecular flexibility index (Phi) is 5.66. The number of ether oxygens (including phenoxy) is 2. The number of methoxy groups -OCH3 is 2. The largest absolute Gasteiger partial charge is 0.493 e. The van der Waals surface area contributed by atoms with Gasteiger partial charge in [0.05, 0.1) is 19.8 Å². The van der Waals surface area contributed by atoms with E-state index in [1.54, 1.807) is 38.7 Å². The van der Waals surface area contributed by atoms with Gasteiger partial charge in [0.25, 0.3) is 5.91 Å². The minimum absolute atomic E-state index is 0.146. The summed E-state index contributed by atoms with van der Waals surface area (Å²) in [5.74, 6) is 0.992. The first kappa shape index (κ1) is 19.5. The lowest BCUT2D eigenvalue weighted by atomic mass is 9.89. The van der Waals surface area contributed by atoms with Crippen LogP contribution in [0.15, 0.2) is 73.2 Å². The molecule has 152 valence electrons. The molecule has 0 radical (unpaired) electrons. The van der Waals surface area contributed by atoms with E-state index in [0.29, 0.717) is 23.6 Å². The molecule has 2 aromatic carbocycles. The molecule has 2 N–H and O–H groups in total. The minimum atomic E-state index is -0.171. The van der Waals surface area contributed by atoms with E-state index in [4.69, 9.17) is 9.47 Å². The van der Waals surface area contributed by atoms with Crippen LogP contribution in [0.5, 0.6) is 11.5 Å². The lowest BCUT2D eigenvalue weighted by molar-refractivity contribution is 0.0952. The second-order valence-corrected chi connectivity index (χ2v) is 6.88. The van der Waals surface area contributed by atoms with E-state index in [1.165, 1.54) is 0 Å². The van der Waals surface area contributed by atoms with E-state index in [1.807, 2.05) is 42.6 Å². The number of hydrogen-bond donors (Lipinski definition) is 2. The summed E-state index contributed by atoms with van der Waals surface area (Å²) in [5, 5.41) is 4.15. The molecule has 0 aliphatic heterocycles. The topological polar surface area (TPSA) is 76.2 Å². The number of aromatic nitrogens is 2. The van der Waals surface area contributed by atoms with E-state index in [2.05, 4.69) is 21.4 Å². The number of fused-ring (bicyclic) bond motifs is 1. The van der Waals surface area contributed by atoms with Gasteiger partial charge in [-0.05, 0) is 29.8 Å². The highest BCUT2D eigenvalue weighted by Gasteiger charge is 2.24. The number of para-hydroxylation sites is 2. The summed E-state index contributed by atoms with van der Waals surface area (Å²) in [4.78, 5) is 20.0. The number of benzene rings is 2. The molecule has 0 aliphatic carbocycles. The van der Waals surface area contributed by atoms with Crippen molar-refractivity contribution in [3.63, 3.8) is 0 Å². The van der Waals surface area contributed by atoms with Crippen molar-refractivity contribution >= 4 is 16.8 Å². The summed E-state index contributed by atoms with van der Waals surface area (Å²) in [5.41, 5.74) is 3.57. The molecule has 4 aromatic rings. The zero-order valence-electron chi connectivity index (χ0n) is 16.9. The van der Waals surface area contributed by atoms with Gasteiger partial charge >= 0.3 is 0 Å². The van der Waals surface area contributed by atoms with Crippen LogP contribution in [0.3, 0.4) is 0 Å². The zero-order valence-corrected chi connectivity index (χ0v) is 16.9. The lowest BCUT2D eigenvalue weighted by Crippen LogP contribution is -2.29. The fourth-order valence-electron chi connectivity index (χ4n) is 3.75. The number of nitrogens with zero attached hydrogens (tertiary/aromatic N) is 1. The number of H-pyrrole nitrogens is 1. The average Bonchev–Trinajstić information content (AvgIpc) is 3.23. The van der Waals surface area contributed by atoms with Gasteiger partial charge < -0.3 is 19.8 Å². The number of carbonyl (C=O) groups excluding carboxylic acids is 1. The monoisotopic (exact) mass is 401 g/mol. The summed E-state index contributed by atoms with van der Waals surface area (Å²) >= 11 is 0. The number of carbonyl (C=O) groups is 1. The summed E-state index contributed by atoms with van der Waals surface area (Å²) in [6.45, 7) is 0.388. The smallest absolute Gasteiger partial charge is 0.252 e. The number of pyridine rings is 1. The minimum Gasteiger partial charge on any atom is -0.493 e. The van der Waals surface area contributed by atoms with E-state index in [9.17, 15) is 4.79 Å². The molecule has 0 aliphatic rings. The van der Waals surface area contributed by atoms with Crippen LogP contribution in [-0.2, 0) is 0 Å². The van der Waals surface area contributed by atoms with Crippen LogP contribution in [0, 0.1) is 0 Å². The van der Waals surface area contributed by atoms with E-state index >= 15 is 0 Å². The number of aromatic amines is 1. The summed E-state index contributed by atoms with van der Waals surface area (Å²) < 4.78 is 11.2. The summed E-state index contributed by atoms with van der Waals surface area (Å²) in [6.07, 6.45) is 5.19. The first-order valence-electron chi connectivity index (χ1n) is 9.68. The van der Waals surface area contributed by atoms with Crippen molar-refractivity contribution in [1.82, 2.24) is 15.3 Å². The fourth-order valence-corrected chi connectivity index (χ4v) is 3.75. The van der Waals surface area contributed by atoms with Gasteiger partial charge in [0.2, 0.25) is 0 Å². The van der Waals surface area contributed by atoms with Crippen molar-refractivity contribution in [3.05, 3.63) is 89.9 Å². The maximum absolute atomic E-state index is 12.7. The normalized spacial score (nSPS) is 11.8. The second-order valence-electron chi connectivity index (χ2n) is 6.88. The first-order valence-corrected chi connectivity index (χ1v) is 9.68. The van der Waals surface area contributed by atoms with Crippen molar-refractivity contribution in [2.75, 3.05) is 20.8 Å². The third kappa shape index (κ3) is 3.72. The Morgan fingerprint density at radius 3 is 2.67 bits per heavy atom. The van der Waals surface area contributed by atoms with Gasteiger partial charge in [-0.3, -0.25) is 9.78 Å². The maximum Gasteiger partial charge on any atom is 0.252 e. The third-order valence-electron chi connectivity index (χ3n) is 5.20. The van der Waals surface area contributed by atoms with Crippen LogP contribution in [0.25, 0.3) is 10.9 Å². The van der Waals surface area contributed by atoms with Crippen LogP contribution in [0.4, 0.5) is 0 Å². The van der Waals surface area contributed by atoms with E-state index < -0.39 is 0 Å². The lowest BCUT2D eigenvalue weighted by Gasteiger charge is -2.22. The van der Waals surface area contributed by atoms with Gasteiger partial charge in [0, 0.05) is 47.5 Å². The quantitative estimate of drug-likeness (QED) is 0.488. The first-order chi connectivity index (χ1) is 14.7. The highest BCUT2D eigenvalue weighted by atomic mass is 16.5. The number of amides is 1. The fraction of sp³-hybridized carbons (Fsp3) is 0.167. The van der Waals surface area contributed by atoms with Gasteiger partial charge in [-0.25, -0.2) is 0 Å². The Morgan fingerprint density at radius 2 is 1.90 bits per heavy atom. The molecular weight excluding hydrogens is 378 g/mol. The molecule has 0 spiro atoms. The molecule has 1 atom stereocenters. The predicted molar refractivity (Wildman–Crippen MR) is 116 cm³/mol. The van der Waals surface area contributed by atoms with Gasteiger partial charge in [-0.1, -0.05) is 30.3 Å². The molecule has 1 amide bonds. The standard InChI is InChI=1S/C24H23N3O3/c1-29-22-11-5-9-18(23(22)30-2)20(15-27-24(28)16-7-6-12-25-13-16)19-14-26-21-10-4-3-8-17(19)21/h3-14,20,26H,15H2,1-2H3,(H,27,28). The molecule has 4 rings (SSSR count).